The van der Waals surface area contributed by atoms with E-state index in [2.05, 4.69) is 16.4 Å². The van der Waals surface area contributed by atoms with Gasteiger partial charge in [0.25, 0.3) is 0 Å². The highest BCUT2D eigenvalue weighted by atomic mass is 16.1. The summed E-state index contributed by atoms with van der Waals surface area (Å²) in [6.07, 6.45) is 7.23. The van der Waals surface area contributed by atoms with Gasteiger partial charge in [0.1, 0.15) is 0 Å². The number of aryl methyl sites for hydroxylation is 1. The fraction of sp³-hybridized carbons (Fsp3) is 0.500. The second-order valence-electron chi connectivity index (χ2n) is 4.34. The lowest BCUT2D eigenvalue weighted by Crippen LogP contribution is -2.64. The zero-order valence-electron chi connectivity index (χ0n) is 9.28. The van der Waals surface area contributed by atoms with E-state index in [0.29, 0.717) is 0 Å². The minimum atomic E-state index is -0.428. The van der Waals surface area contributed by atoms with Crippen molar-refractivity contribution in [1.29, 1.82) is 0 Å². The fourth-order valence-electron chi connectivity index (χ4n) is 2.11. The highest BCUT2D eigenvalue weighted by Gasteiger charge is 2.41. The third-order valence-electron chi connectivity index (χ3n) is 3.28. The van der Waals surface area contributed by atoms with Crippen molar-refractivity contribution in [2.75, 3.05) is 6.54 Å². The van der Waals surface area contributed by atoms with Crippen LogP contribution in [0.5, 0.6) is 0 Å². The Kier molecular flexibility index (Phi) is 3.19. The fourth-order valence-corrected chi connectivity index (χ4v) is 2.11. The summed E-state index contributed by atoms with van der Waals surface area (Å²) in [4.78, 5) is 15.4. The molecule has 1 aromatic heterocycles. The number of rotatable bonds is 5. The third-order valence-corrected chi connectivity index (χ3v) is 3.28. The Morgan fingerprint density at radius 1 is 1.62 bits per heavy atom. The monoisotopic (exact) mass is 219 g/mol. The Morgan fingerprint density at radius 3 is 2.94 bits per heavy atom. The molecule has 86 valence electrons. The third kappa shape index (κ3) is 2.22. The first-order chi connectivity index (χ1) is 7.73. The highest BCUT2D eigenvalue weighted by molar-refractivity contribution is 5.85. The Bertz CT molecular complexity index is 360. The van der Waals surface area contributed by atoms with E-state index < -0.39 is 5.54 Å². The molecule has 0 saturated carbocycles. The van der Waals surface area contributed by atoms with Crippen LogP contribution >= 0.6 is 0 Å². The maximum absolute atomic E-state index is 11.3. The van der Waals surface area contributed by atoms with Gasteiger partial charge < -0.3 is 11.1 Å². The molecule has 0 aliphatic carbocycles. The summed E-state index contributed by atoms with van der Waals surface area (Å²) in [5, 5.41) is 3.15. The average Bonchev–Trinajstić information content (AvgIpc) is 2.23. The molecular formula is C12H17N3O. The number of primary amides is 1. The van der Waals surface area contributed by atoms with Gasteiger partial charge in [0, 0.05) is 12.4 Å². The van der Waals surface area contributed by atoms with Crippen molar-refractivity contribution < 1.29 is 4.79 Å². The van der Waals surface area contributed by atoms with Gasteiger partial charge in [-0.25, -0.2) is 0 Å². The molecule has 0 spiro atoms. The van der Waals surface area contributed by atoms with Crippen LogP contribution in [0.15, 0.2) is 24.5 Å². The molecule has 2 rings (SSSR count). The number of pyridine rings is 1. The van der Waals surface area contributed by atoms with E-state index in [-0.39, 0.29) is 5.91 Å². The van der Waals surface area contributed by atoms with Crippen LogP contribution in [0.4, 0.5) is 0 Å². The summed E-state index contributed by atoms with van der Waals surface area (Å²) in [6.45, 7) is 0.899. The van der Waals surface area contributed by atoms with E-state index in [1.165, 1.54) is 5.56 Å². The van der Waals surface area contributed by atoms with Crippen molar-refractivity contribution in [3.8, 4) is 0 Å². The van der Waals surface area contributed by atoms with Crippen LogP contribution in [0.25, 0.3) is 0 Å². The normalized spacial score (nSPS) is 23.8. The molecule has 3 N–H and O–H groups in total. The number of hydrogen-bond donors (Lipinski definition) is 2. The largest absolute Gasteiger partial charge is 0.368 e. The molecule has 1 fully saturated rings. The minimum Gasteiger partial charge on any atom is -0.368 e. The second kappa shape index (κ2) is 4.61. The maximum Gasteiger partial charge on any atom is 0.237 e. The first-order valence-corrected chi connectivity index (χ1v) is 5.67. The zero-order chi connectivity index (χ0) is 11.4. The molecule has 4 heteroatoms. The molecule has 4 nitrogen and oxygen atoms in total. The molecule has 1 aromatic rings. The quantitative estimate of drug-likeness (QED) is 0.763. The number of nitrogens with two attached hydrogens (primary N) is 1. The van der Waals surface area contributed by atoms with Crippen LogP contribution in [0.2, 0.25) is 0 Å². The van der Waals surface area contributed by atoms with Crippen LogP contribution in [0, 0.1) is 0 Å². The van der Waals surface area contributed by atoms with Gasteiger partial charge in [-0.15, -0.1) is 0 Å². The molecule has 0 radical (unpaired) electrons. The van der Waals surface area contributed by atoms with Crippen LogP contribution in [0.1, 0.15) is 24.8 Å². The van der Waals surface area contributed by atoms with Crippen LogP contribution in [-0.2, 0) is 11.2 Å². The van der Waals surface area contributed by atoms with Crippen molar-refractivity contribution in [2.45, 2.75) is 31.2 Å². The lowest BCUT2D eigenvalue weighted by atomic mass is 9.82. The van der Waals surface area contributed by atoms with Crippen molar-refractivity contribution >= 4 is 5.91 Å². The predicted molar refractivity (Wildman–Crippen MR) is 61.7 cm³/mol. The highest BCUT2D eigenvalue weighted by Crippen LogP contribution is 2.24. The lowest BCUT2D eigenvalue weighted by molar-refractivity contribution is -0.127. The Morgan fingerprint density at radius 2 is 2.44 bits per heavy atom. The van der Waals surface area contributed by atoms with Gasteiger partial charge in [-0.2, -0.15) is 0 Å². The molecule has 0 aromatic carbocycles. The average molecular weight is 219 g/mol. The van der Waals surface area contributed by atoms with E-state index in [0.717, 1.165) is 32.2 Å². The van der Waals surface area contributed by atoms with Crippen molar-refractivity contribution in [3.63, 3.8) is 0 Å². The van der Waals surface area contributed by atoms with Crippen LogP contribution in [0.3, 0.4) is 0 Å². The van der Waals surface area contributed by atoms with Gasteiger partial charge >= 0.3 is 0 Å². The number of carbonyl (C=O) groups is 1. The lowest BCUT2D eigenvalue weighted by Gasteiger charge is -2.40. The molecular weight excluding hydrogens is 202 g/mol. The zero-order valence-corrected chi connectivity index (χ0v) is 9.28. The first-order valence-electron chi connectivity index (χ1n) is 5.67. The molecule has 1 amide bonds. The van der Waals surface area contributed by atoms with Gasteiger partial charge in [-0.3, -0.25) is 9.78 Å². The maximum atomic E-state index is 11.3. The predicted octanol–water partition coefficient (Wildman–Crippen LogP) is 0.622. The number of carbonyl (C=O) groups excluding carboxylic acids is 1. The molecule has 2 heterocycles. The topological polar surface area (TPSA) is 68.0 Å². The van der Waals surface area contributed by atoms with Crippen LogP contribution < -0.4 is 11.1 Å². The molecule has 1 atom stereocenters. The Labute approximate surface area is 95.3 Å². The first kappa shape index (κ1) is 11.1. The smallest absolute Gasteiger partial charge is 0.237 e. The van der Waals surface area contributed by atoms with Gasteiger partial charge in [-0.1, -0.05) is 6.07 Å². The number of hydrogen-bond acceptors (Lipinski definition) is 3. The molecule has 1 saturated heterocycles. The standard InChI is InChI=1S/C12H17N3O/c13-11(16)12(6-8-15-12)5-1-3-10-4-2-7-14-9-10/h2,4,7,9,15H,1,3,5-6,8H2,(H2,13,16)/t12-/m0/s1. The summed E-state index contributed by atoms with van der Waals surface area (Å²) < 4.78 is 0. The summed E-state index contributed by atoms with van der Waals surface area (Å²) >= 11 is 0. The van der Waals surface area contributed by atoms with Crippen LogP contribution in [-0.4, -0.2) is 23.0 Å². The summed E-state index contributed by atoms with van der Waals surface area (Å²) in [6, 6.07) is 3.99. The van der Waals surface area contributed by atoms with Gasteiger partial charge in [0.2, 0.25) is 5.91 Å². The molecule has 1 aliphatic rings. The van der Waals surface area contributed by atoms with E-state index in [1.54, 1.807) is 6.20 Å². The van der Waals surface area contributed by atoms with Crippen molar-refractivity contribution in [1.82, 2.24) is 10.3 Å². The number of nitrogens with zero attached hydrogens (tertiary/aromatic N) is 1. The van der Waals surface area contributed by atoms with Gasteiger partial charge in [-0.05, 0) is 43.9 Å². The van der Waals surface area contributed by atoms with E-state index in [4.69, 9.17) is 5.73 Å². The number of nitrogens with one attached hydrogen (secondary N) is 1. The molecule has 1 aliphatic heterocycles. The Balaban J connectivity index is 1.82. The molecule has 16 heavy (non-hydrogen) atoms. The van der Waals surface area contributed by atoms with E-state index >= 15 is 0 Å². The van der Waals surface area contributed by atoms with E-state index in [9.17, 15) is 4.79 Å². The molecule has 0 unspecified atom stereocenters. The Hall–Kier alpha value is -1.42. The van der Waals surface area contributed by atoms with Gasteiger partial charge in [0.15, 0.2) is 0 Å². The minimum absolute atomic E-state index is 0.218. The van der Waals surface area contributed by atoms with Crippen molar-refractivity contribution in [3.05, 3.63) is 30.1 Å². The number of aromatic nitrogens is 1. The summed E-state index contributed by atoms with van der Waals surface area (Å²) in [5.74, 6) is -0.218. The van der Waals surface area contributed by atoms with Crippen molar-refractivity contribution in [2.24, 2.45) is 5.73 Å². The summed E-state index contributed by atoms with van der Waals surface area (Å²) in [5.41, 5.74) is 6.18. The van der Waals surface area contributed by atoms with E-state index in [1.807, 2.05) is 12.3 Å². The number of amides is 1. The second-order valence-corrected chi connectivity index (χ2v) is 4.34. The van der Waals surface area contributed by atoms with Gasteiger partial charge in [0.05, 0.1) is 5.54 Å². The summed E-state index contributed by atoms with van der Waals surface area (Å²) in [7, 11) is 0. The SMILES string of the molecule is NC(=O)[C@]1(CCCc2cccnc2)CCN1. The molecule has 0 bridgehead atoms.